The number of hydrogen-bond acceptors (Lipinski definition) is 6. The number of tetrazole rings is 1. The van der Waals surface area contributed by atoms with Crippen LogP contribution in [0.2, 0.25) is 0 Å². The molecule has 0 saturated heterocycles. The molecule has 1 aromatic carbocycles. The average Bonchev–Trinajstić information content (AvgIpc) is 3.15. The van der Waals surface area contributed by atoms with E-state index in [-0.39, 0.29) is 17.3 Å². The Morgan fingerprint density at radius 1 is 1.27 bits per heavy atom. The van der Waals surface area contributed by atoms with Gasteiger partial charge < -0.3 is 10.1 Å². The fraction of sp³-hybridized carbons (Fsp3) is 0.556. The van der Waals surface area contributed by atoms with E-state index in [0.29, 0.717) is 11.2 Å². The number of nitrogens with zero attached hydrogens (tertiary/aromatic N) is 4. The van der Waals surface area contributed by atoms with Gasteiger partial charge in [-0.05, 0) is 68.0 Å². The van der Waals surface area contributed by atoms with Gasteiger partial charge in [0.2, 0.25) is 11.1 Å². The van der Waals surface area contributed by atoms with Crippen LogP contribution in [-0.2, 0) is 4.79 Å². The van der Waals surface area contributed by atoms with E-state index in [4.69, 9.17) is 4.74 Å². The first kappa shape index (κ1) is 17.3. The summed E-state index contributed by atoms with van der Waals surface area (Å²) in [7, 11) is 0. The molecule has 26 heavy (non-hydrogen) atoms. The lowest BCUT2D eigenvalue weighted by molar-refractivity contribution is -0.115. The maximum Gasteiger partial charge on any atom is 0.237 e. The Morgan fingerprint density at radius 3 is 2.81 bits per heavy atom. The van der Waals surface area contributed by atoms with Crippen molar-refractivity contribution in [2.75, 3.05) is 5.32 Å². The molecule has 2 fully saturated rings. The van der Waals surface area contributed by atoms with E-state index in [1.807, 2.05) is 35.9 Å². The molecule has 138 valence electrons. The Bertz CT molecular complexity index is 770. The molecule has 2 saturated carbocycles. The molecule has 0 spiro atoms. The molecule has 1 N–H and O–H groups in total. The fourth-order valence-electron chi connectivity index (χ4n) is 3.12. The normalized spacial score (nSPS) is 18.7. The standard InChI is InChI=1S/C18H23N5O2S/c1-12(26-18-20-21-22-23(18)13-10-11-13)17(24)19-15-8-4-5-9-16(15)25-14-6-2-3-7-14/h4-5,8-9,12-14H,2-3,6-7,10-11H2,1H3,(H,19,24)/t12-/m1/s1. The Morgan fingerprint density at radius 2 is 2.04 bits per heavy atom. The van der Waals surface area contributed by atoms with Crippen molar-refractivity contribution in [3.8, 4) is 5.75 Å². The van der Waals surface area contributed by atoms with Crippen molar-refractivity contribution in [3.63, 3.8) is 0 Å². The number of amides is 1. The van der Waals surface area contributed by atoms with Crippen molar-refractivity contribution >= 4 is 23.4 Å². The maximum absolute atomic E-state index is 12.7. The van der Waals surface area contributed by atoms with Gasteiger partial charge in [-0.1, -0.05) is 23.9 Å². The molecule has 2 aliphatic carbocycles. The minimum Gasteiger partial charge on any atom is -0.488 e. The number of carbonyl (C=O) groups is 1. The molecule has 0 aliphatic heterocycles. The Labute approximate surface area is 156 Å². The van der Waals surface area contributed by atoms with Crippen molar-refractivity contribution in [1.29, 1.82) is 0 Å². The van der Waals surface area contributed by atoms with Crippen LogP contribution in [0.5, 0.6) is 5.75 Å². The summed E-state index contributed by atoms with van der Waals surface area (Å²) in [6.07, 6.45) is 7.04. The average molecular weight is 373 g/mol. The number of hydrogen-bond donors (Lipinski definition) is 1. The molecule has 1 aromatic heterocycles. The van der Waals surface area contributed by atoms with Crippen LogP contribution in [0.3, 0.4) is 0 Å². The summed E-state index contributed by atoms with van der Waals surface area (Å²) in [4.78, 5) is 12.7. The summed E-state index contributed by atoms with van der Waals surface area (Å²) >= 11 is 1.39. The first-order chi connectivity index (χ1) is 12.7. The van der Waals surface area contributed by atoms with Gasteiger partial charge >= 0.3 is 0 Å². The van der Waals surface area contributed by atoms with Gasteiger partial charge in [-0.2, -0.15) is 0 Å². The second-order valence-corrected chi connectivity index (χ2v) is 8.21. The fourth-order valence-corrected chi connectivity index (χ4v) is 3.98. The molecule has 7 nitrogen and oxygen atoms in total. The molecular weight excluding hydrogens is 350 g/mol. The predicted molar refractivity (Wildman–Crippen MR) is 99.4 cm³/mol. The van der Waals surface area contributed by atoms with Crippen molar-refractivity contribution in [2.24, 2.45) is 0 Å². The van der Waals surface area contributed by atoms with E-state index in [2.05, 4.69) is 20.8 Å². The van der Waals surface area contributed by atoms with Gasteiger partial charge in [-0.3, -0.25) is 4.79 Å². The quantitative estimate of drug-likeness (QED) is 0.749. The zero-order chi connectivity index (χ0) is 17.9. The molecule has 1 amide bonds. The lowest BCUT2D eigenvalue weighted by Gasteiger charge is -2.18. The van der Waals surface area contributed by atoms with E-state index >= 15 is 0 Å². The number of rotatable bonds is 7. The van der Waals surface area contributed by atoms with Gasteiger partial charge in [0.1, 0.15) is 5.75 Å². The van der Waals surface area contributed by atoms with E-state index < -0.39 is 0 Å². The highest BCUT2D eigenvalue weighted by Crippen LogP contribution is 2.37. The van der Waals surface area contributed by atoms with Gasteiger partial charge in [0.25, 0.3) is 0 Å². The number of anilines is 1. The van der Waals surface area contributed by atoms with E-state index in [1.54, 1.807) is 0 Å². The second kappa shape index (κ2) is 7.65. The van der Waals surface area contributed by atoms with Gasteiger partial charge in [0, 0.05) is 0 Å². The van der Waals surface area contributed by atoms with Crippen LogP contribution in [0, 0.1) is 0 Å². The van der Waals surface area contributed by atoms with Gasteiger partial charge in [-0.25, -0.2) is 4.68 Å². The monoisotopic (exact) mass is 373 g/mol. The molecule has 0 bridgehead atoms. The largest absolute Gasteiger partial charge is 0.488 e. The van der Waals surface area contributed by atoms with Gasteiger partial charge in [0.15, 0.2) is 0 Å². The maximum atomic E-state index is 12.7. The number of carbonyl (C=O) groups excluding carboxylic acids is 1. The second-order valence-electron chi connectivity index (χ2n) is 6.91. The highest BCUT2D eigenvalue weighted by atomic mass is 32.2. The Hall–Kier alpha value is -2.09. The highest BCUT2D eigenvalue weighted by molar-refractivity contribution is 8.00. The predicted octanol–water partition coefficient (Wildman–Crippen LogP) is 3.45. The summed E-state index contributed by atoms with van der Waals surface area (Å²) in [5.74, 6) is 0.663. The molecule has 8 heteroatoms. The van der Waals surface area contributed by atoms with Crippen LogP contribution in [-0.4, -0.2) is 37.5 Å². The van der Waals surface area contributed by atoms with Crippen LogP contribution >= 0.6 is 11.8 Å². The topological polar surface area (TPSA) is 81.9 Å². The van der Waals surface area contributed by atoms with Crippen LogP contribution < -0.4 is 10.1 Å². The van der Waals surface area contributed by atoms with Crippen LogP contribution in [0.15, 0.2) is 29.4 Å². The lowest BCUT2D eigenvalue weighted by Crippen LogP contribution is -2.24. The third-order valence-corrected chi connectivity index (χ3v) is 5.79. The number of aromatic nitrogens is 4. The summed E-state index contributed by atoms with van der Waals surface area (Å²) in [5, 5.41) is 15.2. The molecule has 4 rings (SSSR count). The molecule has 1 heterocycles. The third kappa shape index (κ3) is 4.00. The molecular formula is C18H23N5O2S. The van der Waals surface area contributed by atoms with Crippen molar-refractivity contribution in [3.05, 3.63) is 24.3 Å². The molecule has 2 aliphatic rings. The van der Waals surface area contributed by atoms with Gasteiger partial charge in [-0.15, -0.1) is 5.10 Å². The minimum atomic E-state index is -0.307. The molecule has 0 radical (unpaired) electrons. The summed E-state index contributed by atoms with van der Waals surface area (Å²) < 4.78 is 7.92. The van der Waals surface area contributed by atoms with Crippen molar-refractivity contribution < 1.29 is 9.53 Å². The SMILES string of the molecule is C[C@@H](Sc1nnnn1C1CC1)C(=O)Nc1ccccc1OC1CCCC1. The van der Waals surface area contributed by atoms with Crippen molar-refractivity contribution in [1.82, 2.24) is 20.2 Å². The van der Waals surface area contributed by atoms with Crippen molar-refractivity contribution in [2.45, 2.75) is 68.0 Å². The Balaban J connectivity index is 1.40. The minimum absolute atomic E-state index is 0.0807. The van der Waals surface area contributed by atoms with Gasteiger partial charge in [0.05, 0.1) is 23.1 Å². The summed E-state index contributed by atoms with van der Waals surface area (Å²) in [6, 6.07) is 8.03. The lowest BCUT2D eigenvalue weighted by atomic mass is 10.2. The molecule has 1 atom stereocenters. The number of benzene rings is 1. The number of nitrogens with one attached hydrogen (secondary N) is 1. The van der Waals surface area contributed by atoms with E-state index in [1.165, 1.54) is 24.6 Å². The zero-order valence-electron chi connectivity index (χ0n) is 14.8. The summed E-state index contributed by atoms with van der Waals surface area (Å²) in [6.45, 7) is 1.87. The van der Waals surface area contributed by atoms with Crippen LogP contribution in [0.1, 0.15) is 51.5 Å². The number of thioether (sulfide) groups is 1. The number of para-hydroxylation sites is 2. The van der Waals surface area contributed by atoms with Crippen LogP contribution in [0.25, 0.3) is 0 Å². The number of ether oxygens (including phenoxy) is 1. The smallest absolute Gasteiger partial charge is 0.237 e. The van der Waals surface area contributed by atoms with E-state index in [9.17, 15) is 4.79 Å². The first-order valence-electron chi connectivity index (χ1n) is 9.22. The summed E-state index contributed by atoms with van der Waals surface area (Å²) in [5.41, 5.74) is 0.721. The van der Waals surface area contributed by atoms with Crippen LogP contribution in [0.4, 0.5) is 5.69 Å². The Kier molecular flexibility index (Phi) is 5.10. The van der Waals surface area contributed by atoms with E-state index in [0.717, 1.165) is 37.1 Å². The third-order valence-electron chi connectivity index (χ3n) is 4.75. The zero-order valence-corrected chi connectivity index (χ0v) is 15.6. The molecule has 0 unspecified atom stereocenters. The molecule has 2 aromatic rings. The highest BCUT2D eigenvalue weighted by Gasteiger charge is 2.29. The first-order valence-corrected chi connectivity index (χ1v) is 10.1.